The van der Waals surface area contributed by atoms with E-state index in [2.05, 4.69) is 19.4 Å². The van der Waals surface area contributed by atoms with Gasteiger partial charge in [-0.3, -0.25) is 0 Å². The van der Waals surface area contributed by atoms with Crippen LogP contribution in [0.15, 0.2) is 30.5 Å². The Hall–Kier alpha value is -3.20. The molecule has 33 heavy (non-hydrogen) atoms. The van der Waals surface area contributed by atoms with E-state index in [0.29, 0.717) is 62.6 Å². The first-order valence-electron chi connectivity index (χ1n) is 11.2. The zero-order valence-corrected chi connectivity index (χ0v) is 19.2. The molecule has 1 fully saturated rings. The summed E-state index contributed by atoms with van der Waals surface area (Å²) in [6.45, 7) is 9.84. The Kier molecular flexibility index (Phi) is 5.44. The second kappa shape index (κ2) is 8.30. The highest BCUT2D eigenvalue weighted by Crippen LogP contribution is 2.30. The Bertz CT molecular complexity index is 1180. The van der Waals surface area contributed by atoms with Gasteiger partial charge in [-0.05, 0) is 39.0 Å². The van der Waals surface area contributed by atoms with Gasteiger partial charge in [0, 0.05) is 56.1 Å². The molecule has 2 aliphatic rings. The Labute approximate surface area is 191 Å². The molecule has 3 aromatic rings. The largest absolute Gasteiger partial charge is 0.444 e. The number of piperazine rings is 1. The van der Waals surface area contributed by atoms with E-state index in [9.17, 15) is 9.18 Å². The first-order chi connectivity index (χ1) is 15.8. The van der Waals surface area contributed by atoms with Crippen molar-refractivity contribution in [2.75, 3.05) is 37.7 Å². The Morgan fingerprint density at radius 1 is 1.12 bits per heavy atom. The van der Waals surface area contributed by atoms with Crippen LogP contribution in [0.4, 0.5) is 15.0 Å². The van der Waals surface area contributed by atoms with Gasteiger partial charge in [-0.2, -0.15) is 0 Å². The molecule has 2 aromatic heterocycles. The summed E-state index contributed by atoms with van der Waals surface area (Å²) in [5.41, 5.74) is 2.27. The maximum absolute atomic E-state index is 14.9. The molecular formula is C24H28FN5O3. The lowest BCUT2D eigenvalue weighted by Gasteiger charge is -2.36. The summed E-state index contributed by atoms with van der Waals surface area (Å²) in [4.78, 5) is 25.2. The SMILES string of the molecule is CC(C)(C)OC(=O)N1CCN(c2ccc(-c3cc4c(cc3F)nc3n4CCOC3)cn2)CC1. The number of carbonyl (C=O) groups excluding carboxylic acids is 1. The van der Waals surface area contributed by atoms with E-state index in [0.717, 1.165) is 17.2 Å². The molecule has 9 heteroatoms. The number of imidazole rings is 1. The van der Waals surface area contributed by atoms with Gasteiger partial charge in [0.05, 0.1) is 17.6 Å². The third kappa shape index (κ3) is 4.37. The van der Waals surface area contributed by atoms with Crippen molar-refractivity contribution in [2.24, 2.45) is 0 Å². The second-order valence-corrected chi connectivity index (χ2v) is 9.41. The van der Waals surface area contributed by atoms with Crippen LogP contribution in [0.2, 0.25) is 0 Å². The minimum Gasteiger partial charge on any atom is -0.444 e. The van der Waals surface area contributed by atoms with Gasteiger partial charge in [0.1, 0.15) is 29.7 Å². The minimum atomic E-state index is -0.506. The monoisotopic (exact) mass is 453 g/mol. The number of nitrogens with zero attached hydrogens (tertiary/aromatic N) is 5. The number of anilines is 1. The Balaban J connectivity index is 1.31. The molecule has 174 valence electrons. The molecule has 0 radical (unpaired) electrons. The summed E-state index contributed by atoms with van der Waals surface area (Å²) < 4.78 is 27.9. The van der Waals surface area contributed by atoms with Gasteiger partial charge in [0.15, 0.2) is 0 Å². The molecule has 1 amide bonds. The van der Waals surface area contributed by atoms with Crippen molar-refractivity contribution in [2.45, 2.75) is 39.5 Å². The second-order valence-electron chi connectivity index (χ2n) is 9.41. The van der Waals surface area contributed by atoms with Gasteiger partial charge in [0.2, 0.25) is 0 Å². The number of halogens is 1. The molecule has 0 atom stereocenters. The maximum Gasteiger partial charge on any atom is 0.410 e. The number of hydrogen-bond donors (Lipinski definition) is 0. The number of fused-ring (bicyclic) bond motifs is 3. The van der Waals surface area contributed by atoms with Gasteiger partial charge in [-0.1, -0.05) is 0 Å². The lowest BCUT2D eigenvalue weighted by molar-refractivity contribution is 0.0240. The highest BCUT2D eigenvalue weighted by molar-refractivity contribution is 5.83. The molecule has 0 N–H and O–H groups in total. The Morgan fingerprint density at radius 3 is 2.61 bits per heavy atom. The lowest BCUT2D eigenvalue weighted by Crippen LogP contribution is -2.50. The van der Waals surface area contributed by atoms with Gasteiger partial charge < -0.3 is 23.8 Å². The number of ether oxygens (including phenoxy) is 2. The van der Waals surface area contributed by atoms with Crippen molar-refractivity contribution in [3.05, 3.63) is 42.1 Å². The molecule has 0 unspecified atom stereocenters. The molecule has 1 saturated heterocycles. The standard InChI is InChI=1S/C24H28FN5O3/c1-24(2,3)33-23(31)29-8-6-28(7-9-29)21-5-4-16(14-26-21)17-12-20-19(13-18(17)25)27-22-15-32-11-10-30(20)22/h4-5,12-14H,6-11,15H2,1-3H3. The molecule has 1 aromatic carbocycles. The number of hydrogen-bond acceptors (Lipinski definition) is 6. The minimum absolute atomic E-state index is 0.287. The van der Waals surface area contributed by atoms with Gasteiger partial charge >= 0.3 is 6.09 Å². The van der Waals surface area contributed by atoms with Gasteiger partial charge in [-0.25, -0.2) is 19.2 Å². The van der Waals surface area contributed by atoms with E-state index in [-0.39, 0.29) is 11.9 Å². The highest BCUT2D eigenvalue weighted by atomic mass is 19.1. The zero-order chi connectivity index (χ0) is 23.2. The Morgan fingerprint density at radius 2 is 1.91 bits per heavy atom. The third-order valence-electron chi connectivity index (χ3n) is 5.92. The molecule has 5 rings (SSSR count). The predicted molar refractivity (Wildman–Crippen MR) is 123 cm³/mol. The van der Waals surface area contributed by atoms with Crippen LogP contribution in [0.5, 0.6) is 0 Å². The van der Waals surface area contributed by atoms with Crippen molar-refractivity contribution in [3.63, 3.8) is 0 Å². The van der Waals surface area contributed by atoms with Crippen LogP contribution >= 0.6 is 0 Å². The van der Waals surface area contributed by atoms with Crippen molar-refractivity contribution < 1.29 is 18.7 Å². The molecule has 8 nitrogen and oxygen atoms in total. The smallest absolute Gasteiger partial charge is 0.410 e. The molecule has 0 spiro atoms. The molecule has 0 saturated carbocycles. The molecule has 0 bridgehead atoms. The van der Waals surface area contributed by atoms with E-state index in [1.54, 1.807) is 11.1 Å². The van der Waals surface area contributed by atoms with E-state index in [1.807, 2.05) is 39.0 Å². The quantitative estimate of drug-likeness (QED) is 0.587. The summed E-state index contributed by atoms with van der Waals surface area (Å²) in [6, 6.07) is 7.13. The van der Waals surface area contributed by atoms with Crippen LogP contribution in [0.25, 0.3) is 22.2 Å². The van der Waals surface area contributed by atoms with Crippen LogP contribution in [0.3, 0.4) is 0 Å². The van der Waals surface area contributed by atoms with E-state index >= 15 is 0 Å². The summed E-state index contributed by atoms with van der Waals surface area (Å²) in [5, 5.41) is 0. The number of carbonyl (C=O) groups is 1. The molecule has 0 aliphatic carbocycles. The third-order valence-corrected chi connectivity index (χ3v) is 5.92. The first kappa shape index (κ1) is 21.6. The van der Waals surface area contributed by atoms with Gasteiger partial charge in [0.25, 0.3) is 0 Å². The first-order valence-corrected chi connectivity index (χ1v) is 11.2. The fraction of sp³-hybridized carbons (Fsp3) is 0.458. The molecule has 4 heterocycles. The number of amides is 1. The molecular weight excluding hydrogens is 425 g/mol. The topological polar surface area (TPSA) is 72.7 Å². The van der Waals surface area contributed by atoms with Crippen molar-refractivity contribution >= 4 is 22.9 Å². The number of rotatable bonds is 2. The number of pyridine rings is 1. The van der Waals surface area contributed by atoms with Gasteiger partial charge in [-0.15, -0.1) is 0 Å². The van der Waals surface area contributed by atoms with Crippen molar-refractivity contribution in [1.29, 1.82) is 0 Å². The van der Waals surface area contributed by atoms with E-state index in [4.69, 9.17) is 9.47 Å². The normalized spacial score (nSPS) is 16.7. The van der Waals surface area contributed by atoms with Crippen LogP contribution in [-0.4, -0.2) is 63.9 Å². The van der Waals surface area contributed by atoms with Crippen molar-refractivity contribution in [1.82, 2.24) is 19.4 Å². The average molecular weight is 454 g/mol. The summed E-state index contributed by atoms with van der Waals surface area (Å²) >= 11 is 0. The lowest BCUT2D eigenvalue weighted by atomic mass is 10.1. The van der Waals surface area contributed by atoms with Crippen LogP contribution in [-0.2, 0) is 22.6 Å². The summed E-state index contributed by atoms with van der Waals surface area (Å²) in [6.07, 6.45) is 1.42. The highest BCUT2D eigenvalue weighted by Gasteiger charge is 2.26. The summed E-state index contributed by atoms with van der Waals surface area (Å²) in [5.74, 6) is 1.31. The van der Waals surface area contributed by atoms with Crippen LogP contribution < -0.4 is 4.90 Å². The number of aromatic nitrogens is 3. The zero-order valence-electron chi connectivity index (χ0n) is 19.2. The average Bonchev–Trinajstić information content (AvgIpc) is 3.15. The van der Waals surface area contributed by atoms with E-state index in [1.165, 1.54) is 6.07 Å². The van der Waals surface area contributed by atoms with Crippen LogP contribution in [0.1, 0.15) is 26.6 Å². The fourth-order valence-corrected chi connectivity index (χ4v) is 4.27. The number of benzene rings is 1. The fourth-order valence-electron chi connectivity index (χ4n) is 4.27. The van der Waals surface area contributed by atoms with Crippen molar-refractivity contribution in [3.8, 4) is 11.1 Å². The summed E-state index contributed by atoms with van der Waals surface area (Å²) in [7, 11) is 0. The predicted octanol–water partition coefficient (Wildman–Crippen LogP) is 3.82. The van der Waals surface area contributed by atoms with E-state index < -0.39 is 5.60 Å². The maximum atomic E-state index is 14.9. The van der Waals surface area contributed by atoms with Crippen LogP contribution in [0, 0.1) is 5.82 Å². The molecule has 2 aliphatic heterocycles.